The van der Waals surface area contributed by atoms with Crippen LogP contribution in [-0.4, -0.2) is 66.1 Å². The first-order chi connectivity index (χ1) is 13.6. The Kier molecular flexibility index (Phi) is 4.42. The number of anilines is 1. The molecule has 0 atom stereocenters. The van der Waals surface area contributed by atoms with E-state index in [-0.39, 0.29) is 5.91 Å². The van der Waals surface area contributed by atoms with Gasteiger partial charge in [-0.1, -0.05) is 6.07 Å². The van der Waals surface area contributed by atoms with Gasteiger partial charge in [0, 0.05) is 30.9 Å². The molecule has 3 aliphatic heterocycles. The molecule has 1 N–H and O–H groups in total. The normalized spacial score (nSPS) is 23.8. The summed E-state index contributed by atoms with van der Waals surface area (Å²) in [7, 11) is 0. The third-order valence-electron chi connectivity index (χ3n) is 6.11. The molecule has 4 heterocycles. The Morgan fingerprint density at radius 3 is 2.54 bits per heavy atom. The Hall–Kier alpha value is -2.28. The molecule has 1 aromatic heterocycles. The molecule has 0 saturated carbocycles. The van der Waals surface area contributed by atoms with Gasteiger partial charge in [-0.2, -0.15) is 0 Å². The van der Waals surface area contributed by atoms with Gasteiger partial charge in [-0.15, -0.1) is 11.3 Å². The number of rotatable bonds is 4. The Labute approximate surface area is 169 Å². The molecule has 2 aromatic carbocycles. The Bertz CT molecular complexity index is 1000. The van der Waals surface area contributed by atoms with Gasteiger partial charge in [0.05, 0.1) is 29.9 Å². The van der Waals surface area contributed by atoms with Crippen LogP contribution in [0.15, 0.2) is 42.5 Å². The summed E-state index contributed by atoms with van der Waals surface area (Å²) in [6.07, 6.45) is 0. The van der Waals surface area contributed by atoms with Gasteiger partial charge in [0.2, 0.25) is 0 Å². The number of nitrogens with one attached hydrogen (secondary N) is 1. The van der Waals surface area contributed by atoms with Crippen molar-refractivity contribution < 1.29 is 9.28 Å². The fourth-order valence-electron chi connectivity index (χ4n) is 4.33. The zero-order valence-electron chi connectivity index (χ0n) is 16.1. The number of amides is 1. The van der Waals surface area contributed by atoms with E-state index in [1.165, 1.54) is 10.3 Å². The number of aromatic nitrogens is 1. The van der Waals surface area contributed by atoms with Crippen molar-refractivity contribution in [1.29, 1.82) is 0 Å². The topological polar surface area (TPSA) is 45.2 Å². The minimum absolute atomic E-state index is 0.124. The average molecular weight is 394 g/mol. The van der Waals surface area contributed by atoms with Crippen LogP contribution in [-0.2, 0) is 4.79 Å². The quantitative estimate of drug-likeness (QED) is 0.692. The van der Waals surface area contributed by atoms with Crippen molar-refractivity contribution in [2.75, 3.05) is 51.1 Å². The van der Waals surface area contributed by atoms with Crippen LogP contribution in [0.4, 0.5) is 5.69 Å². The number of thiazole rings is 1. The van der Waals surface area contributed by atoms with E-state index in [9.17, 15) is 4.79 Å². The highest BCUT2D eigenvalue weighted by Gasteiger charge is 2.39. The molecule has 3 aromatic rings. The number of piperazine rings is 3. The summed E-state index contributed by atoms with van der Waals surface area (Å²) < 4.78 is 2.16. The molecule has 3 aliphatic rings. The average Bonchev–Trinajstić information content (AvgIpc) is 3.12. The molecule has 0 aliphatic carbocycles. The number of benzene rings is 2. The number of carbonyl (C=O) groups is 1. The molecule has 5 nitrogen and oxygen atoms in total. The van der Waals surface area contributed by atoms with Gasteiger partial charge in [-0.3, -0.25) is 9.69 Å². The van der Waals surface area contributed by atoms with Gasteiger partial charge in [0.25, 0.3) is 5.91 Å². The minimum atomic E-state index is 0.124. The lowest BCUT2D eigenvalue weighted by atomic mass is 10.1. The summed E-state index contributed by atoms with van der Waals surface area (Å²) in [5.41, 5.74) is 4.24. The lowest BCUT2D eigenvalue weighted by Gasteiger charge is -2.50. The maximum Gasteiger partial charge on any atom is 0.279 e. The van der Waals surface area contributed by atoms with E-state index < -0.39 is 0 Å². The second-order valence-electron chi connectivity index (χ2n) is 8.13. The van der Waals surface area contributed by atoms with E-state index in [0.29, 0.717) is 6.54 Å². The standard InChI is InChI=1S/C22H24N4OS/c1-16-2-7-19-20(14-16)28-22(24-19)17-3-5-18(6-4-17)23-21(27)15-26-11-8-25(9-12-26)10-13-26/h2-7,14H,8-13,15H2,1H3/p+1. The molecule has 6 rings (SSSR count). The molecular formula is C22H25N4OS+. The molecule has 1 amide bonds. The lowest BCUT2D eigenvalue weighted by Crippen LogP contribution is -2.68. The van der Waals surface area contributed by atoms with E-state index in [2.05, 4.69) is 35.3 Å². The number of quaternary nitrogens is 1. The summed E-state index contributed by atoms with van der Waals surface area (Å²) in [4.78, 5) is 19.9. The first-order valence-corrected chi connectivity index (χ1v) is 10.8. The maximum atomic E-state index is 12.6. The molecule has 3 fully saturated rings. The van der Waals surface area contributed by atoms with Gasteiger partial charge >= 0.3 is 0 Å². The van der Waals surface area contributed by atoms with Gasteiger partial charge in [-0.05, 0) is 48.9 Å². The molecule has 28 heavy (non-hydrogen) atoms. The second kappa shape index (κ2) is 6.95. The van der Waals surface area contributed by atoms with Crippen molar-refractivity contribution in [1.82, 2.24) is 9.88 Å². The smallest absolute Gasteiger partial charge is 0.279 e. The van der Waals surface area contributed by atoms with Crippen molar-refractivity contribution in [2.24, 2.45) is 0 Å². The fourth-order valence-corrected chi connectivity index (χ4v) is 5.39. The molecule has 2 bridgehead atoms. The van der Waals surface area contributed by atoms with Crippen molar-refractivity contribution in [3.8, 4) is 10.6 Å². The maximum absolute atomic E-state index is 12.6. The summed E-state index contributed by atoms with van der Waals surface area (Å²) >= 11 is 1.71. The van der Waals surface area contributed by atoms with Crippen LogP contribution in [0.5, 0.6) is 0 Å². The van der Waals surface area contributed by atoms with Crippen molar-refractivity contribution in [3.05, 3.63) is 48.0 Å². The van der Waals surface area contributed by atoms with Crippen LogP contribution in [0.1, 0.15) is 5.56 Å². The third kappa shape index (κ3) is 3.43. The second-order valence-corrected chi connectivity index (χ2v) is 9.16. The molecule has 6 heteroatoms. The molecule has 0 spiro atoms. The van der Waals surface area contributed by atoms with Crippen molar-refractivity contribution in [2.45, 2.75) is 6.92 Å². The first kappa shape index (κ1) is 17.8. The van der Waals surface area contributed by atoms with E-state index in [4.69, 9.17) is 4.98 Å². The monoisotopic (exact) mass is 393 g/mol. The van der Waals surface area contributed by atoms with Crippen molar-refractivity contribution >= 4 is 33.1 Å². The van der Waals surface area contributed by atoms with E-state index in [1.807, 2.05) is 24.3 Å². The number of hydrogen-bond acceptors (Lipinski definition) is 4. The summed E-state index contributed by atoms with van der Waals surface area (Å²) in [6, 6.07) is 14.4. The number of aryl methyl sites for hydroxylation is 1. The van der Waals surface area contributed by atoms with E-state index >= 15 is 0 Å². The molecule has 144 valence electrons. The molecule has 0 unspecified atom stereocenters. The molecule has 3 saturated heterocycles. The Morgan fingerprint density at radius 1 is 1.11 bits per heavy atom. The van der Waals surface area contributed by atoms with Crippen LogP contribution in [0, 0.1) is 6.92 Å². The molecule has 0 radical (unpaired) electrons. The largest absolute Gasteiger partial charge is 0.321 e. The van der Waals surface area contributed by atoms with Crippen LogP contribution in [0.2, 0.25) is 0 Å². The minimum Gasteiger partial charge on any atom is -0.321 e. The summed E-state index contributed by atoms with van der Waals surface area (Å²) in [6.45, 7) is 9.38. The predicted octanol–water partition coefficient (Wildman–Crippen LogP) is 3.36. The Morgan fingerprint density at radius 2 is 1.82 bits per heavy atom. The van der Waals surface area contributed by atoms with Gasteiger partial charge in [0.1, 0.15) is 5.01 Å². The van der Waals surface area contributed by atoms with Crippen LogP contribution < -0.4 is 5.32 Å². The highest BCUT2D eigenvalue weighted by atomic mass is 32.1. The summed E-state index contributed by atoms with van der Waals surface area (Å²) in [5, 5.41) is 4.11. The predicted molar refractivity (Wildman–Crippen MR) is 115 cm³/mol. The fraction of sp³-hybridized carbons (Fsp3) is 0.364. The van der Waals surface area contributed by atoms with Gasteiger partial charge < -0.3 is 9.80 Å². The highest BCUT2D eigenvalue weighted by Crippen LogP contribution is 2.31. The van der Waals surface area contributed by atoms with Gasteiger partial charge in [-0.25, -0.2) is 4.98 Å². The van der Waals surface area contributed by atoms with Gasteiger partial charge in [0.15, 0.2) is 6.54 Å². The molecular weight excluding hydrogens is 368 g/mol. The number of nitrogens with zero attached hydrogens (tertiary/aromatic N) is 3. The van der Waals surface area contributed by atoms with Crippen LogP contribution in [0.3, 0.4) is 0 Å². The highest BCUT2D eigenvalue weighted by molar-refractivity contribution is 7.21. The zero-order valence-corrected chi connectivity index (χ0v) is 17.0. The summed E-state index contributed by atoms with van der Waals surface area (Å²) in [5.74, 6) is 0.124. The number of fused-ring (bicyclic) bond motifs is 4. The van der Waals surface area contributed by atoms with E-state index in [1.54, 1.807) is 11.3 Å². The van der Waals surface area contributed by atoms with Crippen LogP contribution >= 0.6 is 11.3 Å². The Balaban J connectivity index is 1.27. The van der Waals surface area contributed by atoms with Crippen LogP contribution in [0.25, 0.3) is 20.8 Å². The van der Waals surface area contributed by atoms with Crippen molar-refractivity contribution in [3.63, 3.8) is 0 Å². The van der Waals surface area contributed by atoms with E-state index in [0.717, 1.165) is 65.5 Å². The number of carbonyl (C=O) groups excluding carboxylic acids is 1. The third-order valence-corrected chi connectivity index (χ3v) is 7.18. The SMILES string of the molecule is Cc1ccc2nc(-c3ccc(NC(=O)C[N+]45CCN(CC4)CC5)cc3)sc2c1. The number of hydrogen-bond donors (Lipinski definition) is 1. The first-order valence-electron chi connectivity index (χ1n) is 9.94. The lowest BCUT2D eigenvalue weighted by molar-refractivity contribution is -0.933. The zero-order chi connectivity index (χ0) is 19.1.